The van der Waals surface area contributed by atoms with Gasteiger partial charge in [-0.3, -0.25) is 0 Å². The molecule has 0 spiro atoms. The number of carboxylic acids is 1. The second-order valence-corrected chi connectivity index (χ2v) is 5.27. The lowest BCUT2D eigenvalue weighted by atomic mass is 9.85. The van der Waals surface area contributed by atoms with Gasteiger partial charge in [0.1, 0.15) is 5.75 Å². The van der Waals surface area contributed by atoms with Gasteiger partial charge >= 0.3 is 5.97 Å². The van der Waals surface area contributed by atoms with Crippen molar-refractivity contribution in [2.24, 2.45) is 11.8 Å². The third-order valence-electron chi connectivity index (χ3n) is 3.81. The molecule has 1 N–H and O–H groups in total. The van der Waals surface area contributed by atoms with Gasteiger partial charge in [0.25, 0.3) is 0 Å². The van der Waals surface area contributed by atoms with E-state index in [1.807, 2.05) is 0 Å². The van der Waals surface area contributed by atoms with Crippen molar-refractivity contribution in [3.63, 3.8) is 0 Å². The molecule has 1 aliphatic rings. The zero-order valence-electron chi connectivity index (χ0n) is 11.4. The van der Waals surface area contributed by atoms with Crippen LogP contribution in [0.5, 0.6) is 5.75 Å². The van der Waals surface area contributed by atoms with Crippen LogP contribution in [0, 0.1) is 18.8 Å². The molecule has 2 atom stereocenters. The van der Waals surface area contributed by atoms with E-state index in [1.54, 1.807) is 25.1 Å². The van der Waals surface area contributed by atoms with Crippen molar-refractivity contribution in [3.8, 4) is 5.75 Å². The van der Waals surface area contributed by atoms with Gasteiger partial charge in [-0.2, -0.15) is 0 Å². The van der Waals surface area contributed by atoms with Crippen molar-refractivity contribution in [1.29, 1.82) is 0 Å². The van der Waals surface area contributed by atoms with Gasteiger partial charge in [0.15, 0.2) is 0 Å². The topological polar surface area (TPSA) is 46.5 Å². The molecule has 0 saturated carbocycles. The van der Waals surface area contributed by atoms with Crippen LogP contribution in [-0.2, 0) is 0 Å². The van der Waals surface area contributed by atoms with E-state index in [0.29, 0.717) is 24.0 Å². The highest BCUT2D eigenvalue weighted by Gasteiger charge is 2.19. The summed E-state index contributed by atoms with van der Waals surface area (Å²) < 4.78 is 5.80. The predicted molar refractivity (Wildman–Crippen MR) is 74.7 cm³/mol. The molecule has 0 saturated heterocycles. The van der Waals surface area contributed by atoms with E-state index in [-0.39, 0.29) is 0 Å². The average Bonchev–Trinajstić information content (AvgIpc) is 2.37. The molecule has 2 rings (SSSR count). The molecular formula is C16H20O3. The number of ether oxygens (including phenoxy) is 1. The van der Waals surface area contributed by atoms with Crippen LogP contribution >= 0.6 is 0 Å². The Kier molecular flexibility index (Phi) is 4.25. The SMILES string of the molecule is Cc1cc(OCC2CC=CCC2C)ccc1C(=O)O. The lowest BCUT2D eigenvalue weighted by Gasteiger charge is -2.25. The maximum atomic E-state index is 10.9. The van der Waals surface area contributed by atoms with Gasteiger partial charge in [-0.1, -0.05) is 19.1 Å². The van der Waals surface area contributed by atoms with Crippen LogP contribution in [0.15, 0.2) is 30.4 Å². The molecule has 0 aromatic heterocycles. The molecule has 19 heavy (non-hydrogen) atoms. The van der Waals surface area contributed by atoms with Crippen LogP contribution in [-0.4, -0.2) is 17.7 Å². The standard InChI is InChI=1S/C16H20O3/c1-11-5-3-4-6-13(11)10-19-14-7-8-15(16(17)18)12(2)9-14/h3-4,7-9,11,13H,5-6,10H2,1-2H3,(H,17,18). The quantitative estimate of drug-likeness (QED) is 0.840. The highest BCUT2D eigenvalue weighted by molar-refractivity contribution is 5.89. The van der Waals surface area contributed by atoms with Gasteiger partial charge < -0.3 is 9.84 Å². The first-order chi connectivity index (χ1) is 9.08. The van der Waals surface area contributed by atoms with E-state index in [9.17, 15) is 4.79 Å². The molecule has 1 aromatic rings. The summed E-state index contributed by atoms with van der Waals surface area (Å²) in [6.45, 7) is 4.73. The third-order valence-corrected chi connectivity index (χ3v) is 3.81. The lowest BCUT2D eigenvalue weighted by molar-refractivity contribution is 0.0696. The number of carbonyl (C=O) groups is 1. The van der Waals surface area contributed by atoms with Crippen LogP contribution in [0.4, 0.5) is 0 Å². The Morgan fingerprint density at radius 1 is 1.37 bits per heavy atom. The van der Waals surface area contributed by atoms with E-state index < -0.39 is 5.97 Å². The largest absolute Gasteiger partial charge is 0.493 e. The average molecular weight is 260 g/mol. The minimum absolute atomic E-state index is 0.335. The number of aromatic carboxylic acids is 1. The van der Waals surface area contributed by atoms with Crippen LogP contribution in [0.3, 0.4) is 0 Å². The van der Waals surface area contributed by atoms with Crippen molar-refractivity contribution in [3.05, 3.63) is 41.5 Å². The van der Waals surface area contributed by atoms with E-state index >= 15 is 0 Å². The van der Waals surface area contributed by atoms with E-state index in [2.05, 4.69) is 19.1 Å². The van der Waals surface area contributed by atoms with E-state index in [4.69, 9.17) is 9.84 Å². The summed E-state index contributed by atoms with van der Waals surface area (Å²) in [4.78, 5) is 10.9. The second kappa shape index (κ2) is 5.91. The monoisotopic (exact) mass is 260 g/mol. The molecule has 0 radical (unpaired) electrons. The molecule has 102 valence electrons. The van der Waals surface area contributed by atoms with Crippen LogP contribution in [0.2, 0.25) is 0 Å². The smallest absolute Gasteiger partial charge is 0.335 e. The van der Waals surface area contributed by atoms with Crippen molar-refractivity contribution in [2.45, 2.75) is 26.7 Å². The summed E-state index contributed by atoms with van der Waals surface area (Å²) in [5, 5.41) is 8.98. The molecule has 1 aromatic carbocycles. The third kappa shape index (κ3) is 3.37. The predicted octanol–water partition coefficient (Wildman–Crippen LogP) is 3.67. The van der Waals surface area contributed by atoms with Crippen molar-refractivity contribution >= 4 is 5.97 Å². The molecule has 2 unspecified atom stereocenters. The minimum atomic E-state index is -0.893. The van der Waals surface area contributed by atoms with Gasteiger partial charge in [0.05, 0.1) is 12.2 Å². The van der Waals surface area contributed by atoms with Crippen molar-refractivity contribution < 1.29 is 14.6 Å². The first-order valence-electron chi connectivity index (χ1n) is 6.69. The first-order valence-corrected chi connectivity index (χ1v) is 6.69. The summed E-state index contributed by atoms with van der Waals surface area (Å²) in [5.41, 5.74) is 1.07. The van der Waals surface area contributed by atoms with E-state index in [1.165, 1.54) is 0 Å². The maximum absolute atomic E-state index is 10.9. The normalized spacial score (nSPS) is 22.2. The Bertz CT molecular complexity index is 491. The number of aryl methyl sites for hydroxylation is 1. The molecule has 3 heteroatoms. The van der Waals surface area contributed by atoms with Gasteiger partial charge in [0, 0.05) is 0 Å². The fourth-order valence-corrected chi connectivity index (χ4v) is 2.41. The highest BCUT2D eigenvalue weighted by atomic mass is 16.5. The van der Waals surface area contributed by atoms with Crippen molar-refractivity contribution in [2.75, 3.05) is 6.61 Å². The number of hydrogen-bond donors (Lipinski definition) is 1. The molecule has 0 amide bonds. The molecule has 1 aliphatic carbocycles. The van der Waals surface area contributed by atoms with E-state index in [0.717, 1.165) is 24.2 Å². The Labute approximate surface area is 113 Å². The van der Waals surface area contributed by atoms with Gasteiger partial charge in [-0.05, 0) is 55.4 Å². The summed E-state index contributed by atoms with van der Waals surface area (Å²) in [6, 6.07) is 5.14. The summed E-state index contributed by atoms with van der Waals surface area (Å²) in [5.74, 6) is 1.05. The Morgan fingerprint density at radius 3 is 2.74 bits per heavy atom. The van der Waals surface area contributed by atoms with Crippen LogP contribution in [0.1, 0.15) is 35.7 Å². The molecule has 0 bridgehead atoms. The Hall–Kier alpha value is -1.77. The zero-order valence-corrected chi connectivity index (χ0v) is 11.4. The molecule has 0 fully saturated rings. The summed E-state index contributed by atoms with van der Waals surface area (Å²) in [7, 11) is 0. The first kappa shape index (κ1) is 13.7. The minimum Gasteiger partial charge on any atom is -0.493 e. The number of allylic oxidation sites excluding steroid dienone is 2. The fraction of sp³-hybridized carbons (Fsp3) is 0.438. The number of hydrogen-bond acceptors (Lipinski definition) is 2. The van der Waals surface area contributed by atoms with Gasteiger partial charge in [-0.15, -0.1) is 0 Å². The molecule has 3 nitrogen and oxygen atoms in total. The zero-order chi connectivity index (χ0) is 13.8. The fourth-order valence-electron chi connectivity index (χ4n) is 2.41. The summed E-state index contributed by atoms with van der Waals surface area (Å²) >= 11 is 0. The number of carboxylic acid groups (broad SMARTS) is 1. The van der Waals surface area contributed by atoms with Crippen molar-refractivity contribution in [1.82, 2.24) is 0 Å². The maximum Gasteiger partial charge on any atom is 0.335 e. The van der Waals surface area contributed by atoms with Crippen LogP contribution < -0.4 is 4.74 Å². The number of rotatable bonds is 4. The lowest BCUT2D eigenvalue weighted by Crippen LogP contribution is -2.21. The second-order valence-electron chi connectivity index (χ2n) is 5.27. The summed E-state index contributed by atoms with van der Waals surface area (Å²) in [6.07, 6.45) is 6.62. The highest BCUT2D eigenvalue weighted by Crippen LogP contribution is 2.26. The molecule has 0 heterocycles. The van der Waals surface area contributed by atoms with Gasteiger partial charge in [0.2, 0.25) is 0 Å². The molecular weight excluding hydrogens is 240 g/mol. The Balaban J connectivity index is 1.98. The van der Waals surface area contributed by atoms with Gasteiger partial charge in [-0.25, -0.2) is 4.79 Å². The van der Waals surface area contributed by atoms with Crippen LogP contribution in [0.25, 0.3) is 0 Å². The molecule has 0 aliphatic heterocycles. The Morgan fingerprint density at radius 2 is 2.11 bits per heavy atom. The number of benzene rings is 1.